The summed E-state index contributed by atoms with van der Waals surface area (Å²) < 4.78 is 0. The number of carboxylic acids is 5. The molecule has 0 amide bonds. The van der Waals surface area contributed by atoms with Crippen molar-refractivity contribution in [3.8, 4) is 0 Å². The molecule has 1 heterocycles. The SMILES string of the molecule is O=C(O)CN(CCN(CC(=O)O)CC(=O)O)CCN(CC(=O)O)C(C/C=C/C1[B][B][B][B][B][B][B][B][B][B]C1)C(=O)O. The Balaban J connectivity index is 2.90. The molecule has 0 aliphatic carbocycles. The second kappa shape index (κ2) is 22.2. The fourth-order valence-electron chi connectivity index (χ4n) is 4.04. The predicted octanol–water partition coefficient (Wildman–Crippen LogP) is -4.87. The Morgan fingerprint density at radius 1 is 0.643 bits per heavy atom. The number of carboxylic acid groups (broad SMARTS) is 5. The van der Waals surface area contributed by atoms with Crippen molar-refractivity contribution >= 4 is 101 Å². The van der Waals surface area contributed by atoms with E-state index in [9.17, 15) is 39.3 Å². The minimum atomic E-state index is -1.26. The lowest BCUT2D eigenvalue weighted by Gasteiger charge is -2.30. The molecule has 1 saturated heterocycles. The van der Waals surface area contributed by atoms with Gasteiger partial charge in [-0.3, -0.25) is 38.7 Å². The van der Waals surface area contributed by atoms with Crippen LogP contribution in [0.25, 0.3) is 0 Å². The molecule has 5 N–H and O–H groups in total. The molecule has 0 aromatic heterocycles. The first-order valence-electron chi connectivity index (χ1n) is 13.3. The zero-order valence-electron chi connectivity index (χ0n) is 23.3. The Morgan fingerprint density at radius 3 is 1.67 bits per heavy atom. The van der Waals surface area contributed by atoms with Crippen LogP contribution in [-0.4, -0.2) is 199 Å². The molecule has 0 aromatic carbocycles. The Labute approximate surface area is 253 Å². The highest BCUT2D eigenvalue weighted by atomic mass is 16.4. The van der Waals surface area contributed by atoms with Gasteiger partial charge in [-0.05, 0) is 6.42 Å². The second-order valence-electron chi connectivity index (χ2n) is 9.42. The van der Waals surface area contributed by atoms with Crippen molar-refractivity contribution in [2.75, 3.05) is 52.4 Å². The zero-order valence-corrected chi connectivity index (χ0v) is 23.3. The van der Waals surface area contributed by atoms with Crippen LogP contribution >= 0.6 is 0 Å². The summed E-state index contributed by atoms with van der Waals surface area (Å²) in [5.74, 6) is -6.24. The zero-order chi connectivity index (χ0) is 31.3. The Bertz CT molecular complexity index is 881. The molecule has 42 heavy (non-hydrogen) atoms. The smallest absolute Gasteiger partial charge is 0.321 e. The van der Waals surface area contributed by atoms with Gasteiger partial charge in [0.15, 0.2) is 0 Å². The minimum absolute atomic E-state index is 0.000914. The summed E-state index contributed by atoms with van der Waals surface area (Å²) in [7, 11) is 19.0. The lowest BCUT2D eigenvalue weighted by molar-refractivity contribution is -0.147. The van der Waals surface area contributed by atoms with Gasteiger partial charge in [-0.1, -0.05) is 24.3 Å². The molecule has 0 saturated carbocycles. The lowest BCUT2D eigenvalue weighted by Crippen LogP contribution is -2.49. The minimum Gasteiger partial charge on any atom is -0.480 e. The molecule has 1 aliphatic rings. The van der Waals surface area contributed by atoms with Crippen molar-refractivity contribution in [1.82, 2.24) is 14.7 Å². The van der Waals surface area contributed by atoms with E-state index in [2.05, 4.69) is 0 Å². The van der Waals surface area contributed by atoms with Crippen LogP contribution in [0.5, 0.6) is 0 Å². The number of hydrogen-bond donors (Lipinski definition) is 5. The molecule has 2 unspecified atom stereocenters. The molecular weight excluding hydrogens is 538 g/mol. The van der Waals surface area contributed by atoms with Crippen molar-refractivity contribution in [2.45, 2.75) is 24.6 Å². The fourth-order valence-corrected chi connectivity index (χ4v) is 4.04. The van der Waals surface area contributed by atoms with Crippen molar-refractivity contribution in [3.05, 3.63) is 12.2 Å². The normalized spacial score (nSPS) is 16.1. The third-order valence-corrected chi connectivity index (χ3v) is 6.00. The first-order valence-corrected chi connectivity index (χ1v) is 13.3. The van der Waals surface area contributed by atoms with Crippen LogP contribution in [0.15, 0.2) is 12.2 Å². The number of allylic oxidation sites excluding steroid dienone is 1. The quantitative estimate of drug-likeness (QED) is 0.0737. The number of hydrogen-bond acceptors (Lipinski definition) is 8. The van der Waals surface area contributed by atoms with Crippen molar-refractivity contribution < 1.29 is 49.5 Å². The van der Waals surface area contributed by atoms with E-state index in [1.165, 1.54) is 9.80 Å². The summed E-state index contributed by atoms with van der Waals surface area (Å²) in [6.45, 7) is -2.51. The number of rotatable bonds is 19. The summed E-state index contributed by atoms with van der Waals surface area (Å²) in [5.41, 5.74) is 0. The van der Waals surface area contributed by atoms with Crippen LogP contribution in [0.3, 0.4) is 0 Å². The number of aliphatic carboxylic acids is 5. The monoisotopic (exact) mass is 569 g/mol. The average molecular weight is 568 g/mol. The molecule has 0 spiro atoms. The van der Waals surface area contributed by atoms with Crippen LogP contribution in [0.2, 0.25) is 12.1 Å². The average Bonchev–Trinajstić information content (AvgIpc) is 2.87. The van der Waals surface area contributed by atoms with Gasteiger partial charge < -0.3 is 25.5 Å². The Morgan fingerprint density at radius 2 is 1.12 bits per heavy atom. The maximum atomic E-state index is 12.2. The van der Waals surface area contributed by atoms with Gasteiger partial charge in [0.05, 0.1) is 40.5 Å². The first-order chi connectivity index (χ1) is 20.0. The van der Waals surface area contributed by atoms with Crippen LogP contribution in [0.4, 0.5) is 0 Å². The highest BCUT2D eigenvalue weighted by molar-refractivity contribution is 7.69. The first kappa shape index (κ1) is 37.6. The maximum Gasteiger partial charge on any atom is 0.321 e. The van der Waals surface area contributed by atoms with E-state index in [0.29, 0.717) is 6.32 Å². The van der Waals surface area contributed by atoms with Crippen molar-refractivity contribution in [1.29, 1.82) is 0 Å². The molecule has 10 radical (unpaired) electrons. The molecule has 210 valence electrons. The van der Waals surface area contributed by atoms with Gasteiger partial charge in [0, 0.05) is 82.7 Å². The third-order valence-electron chi connectivity index (χ3n) is 6.00. The number of carbonyl (C=O) groups is 5. The van der Waals surface area contributed by atoms with Crippen molar-refractivity contribution in [2.24, 2.45) is 0 Å². The summed E-state index contributed by atoms with van der Waals surface area (Å²) in [4.78, 5) is 61.0. The summed E-state index contributed by atoms with van der Waals surface area (Å²) >= 11 is 0. The summed E-state index contributed by atoms with van der Waals surface area (Å²) in [6.07, 6.45) is 4.20. The van der Waals surface area contributed by atoms with Gasteiger partial charge in [-0.15, -0.1) is 0 Å². The number of nitrogens with zero attached hydrogens (tertiary/aromatic N) is 3. The summed E-state index contributed by atoms with van der Waals surface area (Å²) in [5, 5.41) is 46.7. The Kier molecular flexibility index (Phi) is 19.9. The van der Waals surface area contributed by atoms with Crippen LogP contribution < -0.4 is 0 Å². The van der Waals surface area contributed by atoms with Crippen molar-refractivity contribution in [3.63, 3.8) is 0 Å². The van der Waals surface area contributed by atoms with E-state index in [-0.39, 0.29) is 38.4 Å². The van der Waals surface area contributed by atoms with E-state index in [4.69, 9.17) is 10.2 Å². The molecule has 1 rings (SSSR count). The van der Waals surface area contributed by atoms with E-state index < -0.39 is 62.1 Å². The molecule has 13 nitrogen and oxygen atoms in total. The highest BCUT2D eigenvalue weighted by Gasteiger charge is 2.27. The van der Waals surface area contributed by atoms with Gasteiger partial charge in [0.25, 0.3) is 0 Å². The molecule has 1 fully saturated rings. The van der Waals surface area contributed by atoms with Crippen LogP contribution in [-0.2, 0) is 24.0 Å². The standard InChI is InChI=1S/C19H29B10N3O10/c33-15(34)9-30(4-5-31(10-16(35)36)11-17(37)38)6-7-32(12-18(39)40)14(19(41)42)3-1-2-13-8-20-22-24-26-28-29-27-25-23-21-13/h1-2,13-14H,3-12H2,(H,33,34)(H,35,36)(H,37,38)(H,39,40)(H,41,42)/b2-1+. The van der Waals surface area contributed by atoms with E-state index in [0.717, 1.165) is 4.90 Å². The lowest BCUT2D eigenvalue weighted by atomic mass is 8.87. The van der Waals surface area contributed by atoms with Gasteiger partial charge in [0.1, 0.15) is 6.04 Å². The van der Waals surface area contributed by atoms with E-state index in [1.807, 2.05) is 76.9 Å². The molecular formula is C19H29B10N3O10. The topological polar surface area (TPSA) is 196 Å². The molecule has 2 atom stereocenters. The van der Waals surface area contributed by atoms with E-state index >= 15 is 0 Å². The van der Waals surface area contributed by atoms with E-state index in [1.54, 1.807) is 6.08 Å². The second-order valence-corrected chi connectivity index (χ2v) is 9.42. The van der Waals surface area contributed by atoms with Gasteiger partial charge in [-0.25, -0.2) is 0 Å². The Hall–Kier alpha value is -2.38. The largest absolute Gasteiger partial charge is 0.480 e. The predicted molar refractivity (Wildman–Crippen MR) is 166 cm³/mol. The van der Waals surface area contributed by atoms with Gasteiger partial charge >= 0.3 is 29.8 Å². The molecule has 0 bridgehead atoms. The van der Waals surface area contributed by atoms with Gasteiger partial charge in [-0.2, -0.15) is 0 Å². The van der Waals surface area contributed by atoms with Crippen LogP contribution in [0, 0.1) is 0 Å². The molecule has 23 heteroatoms. The van der Waals surface area contributed by atoms with Crippen LogP contribution in [0.1, 0.15) is 6.42 Å². The maximum absolute atomic E-state index is 12.2. The third kappa shape index (κ3) is 18.9. The molecule has 0 aromatic rings. The summed E-state index contributed by atoms with van der Waals surface area (Å²) in [6, 6.07) is -1.21. The fraction of sp³-hybridized carbons (Fsp3) is 0.632. The molecule has 1 aliphatic heterocycles. The van der Waals surface area contributed by atoms with Gasteiger partial charge in [0.2, 0.25) is 0 Å². The highest BCUT2D eigenvalue weighted by Crippen LogP contribution is 2.14.